The van der Waals surface area contributed by atoms with Crippen molar-refractivity contribution in [2.45, 2.75) is 59.0 Å². The lowest BCUT2D eigenvalue weighted by atomic mass is 10.1. The van der Waals surface area contributed by atoms with E-state index in [4.69, 9.17) is 18.7 Å². The molecule has 1 heterocycles. The molecule has 1 N–H and O–H groups in total. The van der Waals surface area contributed by atoms with Crippen molar-refractivity contribution in [3.8, 4) is 17.2 Å². The van der Waals surface area contributed by atoms with Crippen LogP contribution in [-0.2, 0) is 27.2 Å². The molecule has 1 aromatic heterocycles. The highest BCUT2D eigenvalue weighted by molar-refractivity contribution is 5.69. The predicted octanol–water partition coefficient (Wildman–Crippen LogP) is 5.46. The van der Waals surface area contributed by atoms with Crippen LogP contribution < -0.4 is 10.2 Å². The topological polar surface area (TPSA) is 82.8 Å². The SMILES string of the molecule is Cc1oc(-c2ccccc2)nc1CCOc1ccc(CCCNOCCC(=O)OC(C)(C)C)cc1. The average Bonchev–Trinajstić information content (AvgIpc) is 3.19. The van der Waals surface area contributed by atoms with E-state index in [1.807, 2.05) is 70.2 Å². The molecular formula is C28H36N2O5. The van der Waals surface area contributed by atoms with Crippen LogP contribution in [0.15, 0.2) is 59.0 Å². The molecule has 0 atom stereocenters. The Kier molecular flexibility index (Phi) is 9.87. The number of nitrogens with zero attached hydrogens (tertiary/aromatic N) is 1. The Bertz CT molecular complexity index is 1040. The fraction of sp³-hybridized carbons (Fsp3) is 0.429. The molecule has 0 saturated carbocycles. The van der Waals surface area contributed by atoms with Crippen LogP contribution in [0.4, 0.5) is 0 Å². The zero-order chi connectivity index (χ0) is 25.1. The molecule has 0 saturated heterocycles. The summed E-state index contributed by atoms with van der Waals surface area (Å²) in [6.07, 6.45) is 2.75. The number of esters is 1. The number of hydrogen-bond acceptors (Lipinski definition) is 7. The maximum atomic E-state index is 11.6. The van der Waals surface area contributed by atoms with Crippen LogP contribution in [-0.4, -0.2) is 36.3 Å². The summed E-state index contributed by atoms with van der Waals surface area (Å²) in [6.45, 7) is 9.02. The molecule has 188 valence electrons. The van der Waals surface area contributed by atoms with Crippen LogP contribution in [0.2, 0.25) is 0 Å². The van der Waals surface area contributed by atoms with Crippen molar-refractivity contribution in [1.82, 2.24) is 10.5 Å². The first kappa shape index (κ1) is 26.4. The van der Waals surface area contributed by atoms with E-state index in [1.54, 1.807) is 0 Å². The first-order chi connectivity index (χ1) is 16.8. The Balaban J connectivity index is 1.29. The molecule has 2 aromatic carbocycles. The Hall–Kier alpha value is -3.16. The molecule has 7 nitrogen and oxygen atoms in total. The lowest BCUT2D eigenvalue weighted by Gasteiger charge is -2.19. The fourth-order valence-corrected chi connectivity index (χ4v) is 3.42. The number of benzene rings is 2. The molecule has 0 aliphatic rings. The molecule has 35 heavy (non-hydrogen) atoms. The molecule has 0 radical (unpaired) electrons. The van der Waals surface area contributed by atoms with E-state index in [0.29, 0.717) is 32.1 Å². The highest BCUT2D eigenvalue weighted by Crippen LogP contribution is 2.22. The summed E-state index contributed by atoms with van der Waals surface area (Å²) in [7, 11) is 0. The van der Waals surface area contributed by atoms with Gasteiger partial charge in [0.15, 0.2) is 0 Å². The van der Waals surface area contributed by atoms with E-state index in [1.165, 1.54) is 5.56 Å². The number of hydroxylamine groups is 1. The third-order valence-corrected chi connectivity index (χ3v) is 5.12. The Morgan fingerprint density at radius 2 is 1.74 bits per heavy atom. The number of nitrogens with one attached hydrogen (secondary N) is 1. The average molecular weight is 481 g/mol. The fourth-order valence-electron chi connectivity index (χ4n) is 3.42. The maximum Gasteiger partial charge on any atom is 0.308 e. The van der Waals surface area contributed by atoms with Crippen LogP contribution >= 0.6 is 0 Å². The van der Waals surface area contributed by atoms with Crippen molar-refractivity contribution >= 4 is 5.97 Å². The standard InChI is InChI=1S/C28H36N2O5/c1-21-25(30-27(34-21)23-10-6-5-7-11-23)16-19-32-24-14-12-22(13-15-24)9-8-18-29-33-20-17-26(31)35-28(2,3)4/h5-7,10-15,29H,8-9,16-20H2,1-4H3. The van der Waals surface area contributed by atoms with Crippen LogP contribution in [0.3, 0.4) is 0 Å². The first-order valence-corrected chi connectivity index (χ1v) is 12.1. The van der Waals surface area contributed by atoms with Gasteiger partial charge in [0.25, 0.3) is 0 Å². The molecule has 0 aliphatic carbocycles. The van der Waals surface area contributed by atoms with E-state index < -0.39 is 5.60 Å². The Labute approximate surface area is 207 Å². The van der Waals surface area contributed by atoms with Crippen molar-refractivity contribution in [1.29, 1.82) is 0 Å². The summed E-state index contributed by atoms with van der Waals surface area (Å²) in [5.74, 6) is 2.05. The van der Waals surface area contributed by atoms with Crippen LogP contribution in [0, 0.1) is 6.92 Å². The Morgan fingerprint density at radius 3 is 2.46 bits per heavy atom. The molecule has 0 spiro atoms. The van der Waals surface area contributed by atoms with Gasteiger partial charge in [-0.2, -0.15) is 0 Å². The minimum absolute atomic E-state index is 0.232. The van der Waals surface area contributed by atoms with E-state index in [0.717, 1.165) is 35.6 Å². The van der Waals surface area contributed by atoms with Crippen molar-refractivity contribution in [2.75, 3.05) is 19.8 Å². The summed E-state index contributed by atoms with van der Waals surface area (Å²) in [5.41, 5.74) is 5.56. The van der Waals surface area contributed by atoms with E-state index in [9.17, 15) is 4.79 Å². The molecule has 0 bridgehead atoms. The van der Waals surface area contributed by atoms with Gasteiger partial charge in [-0.3, -0.25) is 4.79 Å². The molecule has 7 heteroatoms. The smallest absolute Gasteiger partial charge is 0.308 e. The summed E-state index contributed by atoms with van der Waals surface area (Å²) in [5, 5.41) is 0. The number of hydrogen-bond donors (Lipinski definition) is 1. The highest BCUT2D eigenvalue weighted by Gasteiger charge is 2.15. The molecule has 0 unspecified atom stereocenters. The summed E-state index contributed by atoms with van der Waals surface area (Å²) in [4.78, 5) is 21.6. The third kappa shape index (κ3) is 9.54. The normalized spacial score (nSPS) is 11.4. The van der Waals surface area contributed by atoms with Crippen molar-refractivity contribution < 1.29 is 23.5 Å². The summed E-state index contributed by atoms with van der Waals surface area (Å²) >= 11 is 0. The minimum Gasteiger partial charge on any atom is -0.493 e. The number of aromatic nitrogens is 1. The first-order valence-electron chi connectivity index (χ1n) is 12.1. The number of carbonyl (C=O) groups is 1. The molecule has 3 aromatic rings. The second kappa shape index (κ2) is 13.1. The van der Waals surface area contributed by atoms with E-state index >= 15 is 0 Å². The van der Waals surface area contributed by atoms with Crippen molar-refractivity contribution in [3.63, 3.8) is 0 Å². The summed E-state index contributed by atoms with van der Waals surface area (Å²) < 4.78 is 17.0. The molecule has 0 fully saturated rings. The van der Waals surface area contributed by atoms with Crippen LogP contribution in [0.5, 0.6) is 5.75 Å². The lowest BCUT2D eigenvalue weighted by molar-refractivity contribution is -0.156. The number of aryl methyl sites for hydroxylation is 2. The largest absolute Gasteiger partial charge is 0.493 e. The van der Waals surface area contributed by atoms with E-state index in [2.05, 4.69) is 22.6 Å². The van der Waals surface area contributed by atoms with Gasteiger partial charge in [-0.15, -0.1) is 0 Å². The molecule has 0 amide bonds. The molecule has 3 rings (SSSR count). The van der Waals surface area contributed by atoms with Crippen molar-refractivity contribution in [3.05, 3.63) is 71.6 Å². The number of ether oxygens (including phenoxy) is 2. The van der Waals surface area contributed by atoms with Gasteiger partial charge in [0.05, 0.1) is 25.3 Å². The Morgan fingerprint density at radius 1 is 1.00 bits per heavy atom. The van der Waals surface area contributed by atoms with Gasteiger partial charge >= 0.3 is 5.97 Å². The lowest BCUT2D eigenvalue weighted by Crippen LogP contribution is -2.25. The second-order valence-corrected chi connectivity index (χ2v) is 9.31. The number of oxazole rings is 1. The van der Waals surface area contributed by atoms with Gasteiger partial charge in [-0.05, 0) is 70.4 Å². The second-order valence-electron chi connectivity index (χ2n) is 9.31. The minimum atomic E-state index is -0.465. The predicted molar refractivity (Wildman–Crippen MR) is 135 cm³/mol. The van der Waals surface area contributed by atoms with Crippen LogP contribution in [0.1, 0.15) is 50.6 Å². The number of rotatable bonds is 13. The zero-order valence-corrected chi connectivity index (χ0v) is 21.1. The monoisotopic (exact) mass is 480 g/mol. The van der Waals surface area contributed by atoms with Gasteiger partial charge in [0, 0.05) is 18.5 Å². The zero-order valence-electron chi connectivity index (χ0n) is 21.1. The van der Waals surface area contributed by atoms with Crippen LogP contribution in [0.25, 0.3) is 11.5 Å². The quantitative estimate of drug-likeness (QED) is 0.198. The van der Waals surface area contributed by atoms with E-state index in [-0.39, 0.29) is 12.4 Å². The third-order valence-electron chi connectivity index (χ3n) is 5.12. The van der Waals surface area contributed by atoms with Gasteiger partial charge < -0.3 is 18.7 Å². The van der Waals surface area contributed by atoms with Gasteiger partial charge in [0.2, 0.25) is 5.89 Å². The van der Waals surface area contributed by atoms with Crippen molar-refractivity contribution in [2.24, 2.45) is 0 Å². The van der Waals surface area contributed by atoms with Gasteiger partial charge in [-0.1, -0.05) is 30.3 Å². The van der Waals surface area contributed by atoms with Gasteiger partial charge in [0.1, 0.15) is 17.1 Å². The highest BCUT2D eigenvalue weighted by atomic mass is 16.6. The summed E-state index contributed by atoms with van der Waals surface area (Å²) in [6, 6.07) is 18.0. The maximum absolute atomic E-state index is 11.6. The van der Waals surface area contributed by atoms with Gasteiger partial charge in [-0.25, -0.2) is 10.5 Å². The number of carbonyl (C=O) groups excluding carboxylic acids is 1. The molecule has 0 aliphatic heterocycles. The molecular weight excluding hydrogens is 444 g/mol.